The highest BCUT2D eigenvalue weighted by Crippen LogP contribution is 2.30. The molecule has 5 heteroatoms. The lowest BCUT2D eigenvalue weighted by molar-refractivity contribution is -0.135. The number of aliphatic carboxylic acids is 1. The summed E-state index contributed by atoms with van der Waals surface area (Å²) in [6, 6.07) is 2.93. The molecule has 0 aromatic heterocycles. The fraction of sp³-hybridized carbons (Fsp3) is 0.100. The Morgan fingerprint density at radius 2 is 2.20 bits per heavy atom. The minimum Gasteiger partial charge on any atom is -0.505 e. The predicted molar refractivity (Wildman–Crippen MR) is 58.8 cm³/mol. The Morgan fingerprint density at radius 3 is 2.80 bits per heavy atom. The second-order valence-corrected chi connectivity index (χ2v) is 3.37. The molecule has 1 rings (SSSR count). The van der Waals surface area contributed by atoms with E-state index < -0.39 is 5.97 Å². The normalized spacial score (nSPS) is 10.7. The van der Waals surface area contributed by atoms with Crippen LogP contribution in [0.2, 0.25) is 5.02 Å². The summed E-state index contributed by atoms with van der Waals surface area (Å²) in [5.41, 5.74) is 6.04. The number of rotatable bonds is 3. The predicted octanol–water partition coefficient (Wildman–Crippen LogP) is 2.12. The molecule has 1 aromatic rings. The zero-order valence-corrected chi connectivity index (χ0v) is 8.53. The summed E-state index contributed by atoms with van der Waals surface area (Å²) in [4.78, 5) is 10.2. The van der Waals surface area contributed by atoms with Crippen molar-refractivity contribution in [1.82, 2.24) is 0 Å². The van der Waals surface area contributed by atoms with Gasteiger partial charge < -0.3 is 15.9 Å². The summed E-state index contributed by atoms with van der Waals surface area (Å²) >= 11 is 5.72. The summed E-state index contributed by atoms with van der Waals surface area (Å²) in [6.07, 6.45) is 2.75. The van der Waals surface area contributed by atoms with E-state index in [0.717, 1.165) is 0 Å². The maximum absolute atomic E-state index is 10.2. The van der Waals surface area contributed by atoms with Gasteiger partial charge in [0.1, 0.15) is 5.75 Å². The molecule has 0 bridgehead atoms. The van der Waals surface area contributed by atoms with E-state index in [2.05, 4.69) is 0 Å². The first-order valence-corrected chi connectivity index (χ1v) is 4.55. The van der Waals surface area contributed by atoms with Crippen molar-refractivity contribution in [2.24, 2.45) is 0 Å². The van der Waals surface area contributed by atoms with E-state index >= 15 is 0 Å². The molecule has 0 fully saturated rings. The Morgan fingerprint density at radius 1 is 1.53 bits per heavy atom. The molecule has 15 heavy (non-hydrogen) atoms. The molecule has 4 N–H and O–H groups in total. The molecule has 0 aliphatic rings. The van der Waals surface area contributed by atoms with Gasteiger partial charge >= 0.3 is 5.97 Å². The lowest BCUT2D eigenvalue weighted by Gasteiger charge is -2.03. The van der Waals surface area contributed by atoms with Crippen molar-refractivity contribution in [3.05, 3.63) is 28.8 Å². The summed E-state index contributed by atoms with van der Waals surface area (Å²) in [5, 5.41) is 18.3. The molecule has 4 nitrogen and oxygen atoms in total. The van der Waals surface area contributed by atoms with Crippen molar-refractivity contribution in [2.45, 2.75) is 6.42 Å². The van der Waals surface area contributed by atoms with Gasteiger partial charge in [0.2, 0.25) is 0 Å². The number of carboxylic acids is 1. The Labute approximate surface area is 91.6 Å². The van der Waals surface area contributed by atoms with Gasteiger partial charge in [-0.2, -0.15) is 0 Å². The minimum absolute atomic E-state index is 0.0963. The molecule has 0 aliphatic heterocycles. The molecule has 0 saturated carbocycles. The third-order valence-electron chi connectivity index (χ3n) is 1.72. The molecule has 0 aliphatic carbocycles. The van der Waals surface area contributed by atoms with Gasteiger partial charge in [-0.1, -0.05) is 23.8 Å². The Bertz CT molecular complexity index is 415. The number of carbonyl (C=O) groups is 1. The van der Waals surface area contributed by atoms with Gasteiger partial charge in [-0.25, -0.2) is 0 Å². The third-order valence-corrected chi connectivity index (χ3v) is 1.94. The van der Waals surface area contributed by atoms with Crippen LogP contribution in [0.15, 0.2) is 18.2 Å². The van der Waals surface area contributed by atoms with E-state index in [9.17, 15) is 9.90 Å². The van der Waals surface area contributed by atoms with Crippen molar-refractivity contribution in [2.75, 3.05) is 5.73 Å². The zero-order chi connectivity index (χ0) is 11.4. The van der Waals surface area contributed by atoms with E-state index in [0.29, 0.717) is 10.6 Å². The molecular weight excluding hydrogens is 218 g/mol. The summed E-state index contributed by atoms with van der Waals surface area (Å²) in [5.74, 6) is -1.04. The SMILES string of the molecule is Nc1cc(Cl)cc(C=CCC(=O)O)c1O. The number of benzene rings is 1. The van der Waals surface area contributed by atoms with Crippen LogP contribution in [-0.2, 0) is 4.79 Å². The van der Waals surface area contributed by atoms with E-state index in [4.69, 9.17) is 22.4 Å². The summed E-state index contributed by atoms with van der Waals surface area (Å²) in [6.45, 7) is 0. The standard InChI is InChI=1S/C10H10ClNO3/c11-7-4-6(2-1-3-9(13)14)10(15)8(12)5-7/h1-2,4-5,15H,3,12H2,(H,13,14). The number of hydrogen-bond acceptors (Lipinski definition) is 3. The Hall–Kier alpha value is -1.68. The minimum atomic E-state index is -0.944. The lowest BCUT2D eigenvalue weighted by Crippen LogP contribution is -1.90. The number of phenols is 1. The van der Waals surface area contributed by atoms with E-state index in [1.165, 1.54) is 24.3 Å². The first-order chi connectivity index (χ1) is 7.00. The number of nitrogens with two attached hydrogens (primary N) is 1. The van der Waals surface area contributed by atoms with Crippen LogP contribution in [0.1, 0.15) is 12.0 Å². The van der Waals surface area contributed by atoms with Crippen LogP contribution >= 0.6 is 11.6 Å². The van der Waals surface area contributed by atoms with Crippen LogP contribution < -0.4 is 5.73 Å². The number of carboxylic acid groups (broad SMARTS) is 1. The van der Waals surface area contributed by atoms with Gasteiger partial charge in [0.05, 0.1) is 12.1 Å². The maximum Gasteiger partial charge on any atom is 0.307 e. The molecule has 1 aromatic carbocycles. The zero-order valence-electron chi connectivity index (χ0n) is 7.77. The third kappa shape index (κ3) is 3.18. The van der Waals surface area contributed by atoms with Crippen molar-refractivity contribution in [1.29, 1.82) is 0 Å². The van der Waals surface area contributed by atoms with Gasteiger partial charge in [-0.3, -0.25) is 4.79 Å². The molecule has 80 valence electrons. The Kier molecular flexibility index (Phi) is 3.57. The van der Waals surface area contributed by atoms with Crippen LogP contribution in [0.3, 0.4) is 0 Å². The Balaban J connectivity index is 2.94. The number of nitrogen functional groups attached to an aromatic ring is 1. The highest BCUT2D eigenvalue weighted by molar-refractivity contribution is 6.31. The largest absolute Gasteiger partial charge is 0.505 e. The molecule has 0 spiro atoms. The van der Waals surface area contributed by atoms with Gasteiger partial charge in [0.15, 0.2) is 0 Å². The van der Waals surface area contributed by atoms with E-state index in [-0.39, 0.29) is 17.9 Å². The maximum atomic E-state index is 10.2. The van der Waals surface area contributed by atoms with Gasteiger partial charge in [0.25, 0.3) is 0 Å². The monoisotopic (exact) mass is 227 g/mol. The highest BCUT2D eigenvalue weighted by Gasteiger charge is 2.04. The number of anilines is 1. The van der Waals surface area contributed by atoms with Gasteiger partial charge in [-0.05, 0) is 12.1 Å². The van der Waals surface area contributed by atoms with Crippen molar-refractivity contribution in [3.8, 4) is 5.75 Å². The first kappa shape index (κ1) is 11.4. The average Bonchev–Trinajstić information content (AvgIpc) is 2.12. The summed E-state index contributed by atoms with van der Waals surface area (Å²) in [7, 11) is 0. The van der Waals surface area contributed by atoms with E-state index in [1.54, 1.807) is 0 Å². The molecule has 0 radical (unpaired) electrons. The van der Waals surface area contributed by atoms with Crippen LogP contribution in [0.25, 0.3) is 6.08 Å². The average molecular weight is 228 g/mol. The van der Waals surface area contributed by atoms with Gasteiger partial charge in [-0.15, -0.1) is 0 Å². The molecule has 0 heterocycles. The van der Waals surface area contributed by atoms with Gasteiger partial charge in [0, 0.05) is 10.6 Å². The van der Waals surface area contributed by atoms with Crippen LogP contribution in [0.5, 0.6) is 5.75 Å². The fourth-order valence-corrected chi connectivity index (χ4v) is 1.29. The van der Waals surface area contributed by atoms with Crippen LogP contribution in [-0.4, -0.2) is 16.2 Å². The van der Waals surface area contributed by atoms with E-state index in [1.807, 2.05) is 0 Å². The molecule has 0 unspecified atom stereocenters. The quantitative estimate of drug-likeness (QED) is 0.546. The number of hydrogen-bond donors (Lipinski definition) is 3. The second-order valence-electron chi connectivity index (χ2n) is 2.93. The van der Waals surface area contributed by atoms with Crippen molar-refractivity contribution >= 4 is 29.3 Å². The molecular formula is C10H10ClNO3. The van der Waals surface area contributed by atoms with Crippen LogP contribution in [0, 0.1) is 0 Å². The second kappa shape index (κ2) is 4.70. The first-order valence-electron chi connectivity index (χ1n) is 4.17. The topological polar surface area (TPSA) is 83.6 Å². The van der Waals surface area contributed by atoms with Crippen molar-refractivity contribution < 1.29 is 15.0 Å². The number of aromatic hydroxyl groups is 1. The molecule has 0 amide bonds. The smallest absolute Gasteiger partial charge is 0.307 e. The highest BCUT2D eigenvalue weighted by atomic mass is 35.5. The summed E-state index contributed by atoms with van der Waals surface area (Å²) < 4.78 is 0. The van der Waals surface area contributed by atoms with Crippen LogP contribution in [0.4, 0.5) is 5.69 Å². The molecule has 0 saturated heterocycles. The number of halogens is 1. The number of phenolic OH excluding ortho intramolecular Hbond substituents is 1. The van der Waals surface area contributed by atoms with Crippen molar-refractivity contribution in [3.63, 3.8) is 0 Å². The lowest BCUT2D eigenvalue weighted by atomic mass is 10.1. The molecule has 0 atom stereocenters. The fourth-order valence-electron chi connectivity index (χ4n) is 1.06.